The third-order valence-electron chi connectivity index (χ3n) is 5.26. The molecule has 1 aliphatic rings. The number of nitrogens with one attached hydrogen (secondary N) is 1. The van der Waals surface area contributed by atoms with E-state index in [1.54, 1.807) is 24.3 Å². The van der Waals surface area contributed by atoms with Gasteiger partial charge in [-0.15, -0.1) is 0 Å². The normalized spacial score (nSPS) is 12.0. The van der Waals surface area contributed by atoms with Crippen LogP contribution in [-0.4, -0.2) is 30.3 Å². The molecule has 3 aromatic carbocycles. The van der Waals surface area contributed by atoms with Gasteiger partial charge in [-0.2, -0.15) is 0 Å². The Kier molecular flexibility index (Phi) is 6.09. The molecule has 0 atom stereocenters. The minimum absolute atomic E-state index is 0.0545. The maximum atomic E-state index is 12.6. The number of halogens is 1. The molecule has 0 spiro atoms. The lowest BCUT2D eigenvalue weighted by molar-refractivity contribution is -0.136. The average molecular weight is 437 g/mol. The molecule has 0 unspecified atom stereocenters. The standard InChI is InChI=1S/C24H21ClN2O4/c25-16-9-11-17(12-10-16)27(14-13-23(28)29)26-24(30)31-15-22-20-7-3-1-5-18(20)19-6-2-4-8-21(19)22/h1-12,22H,13-15H2,(H,26,30)(H,28,29). The number of rotatable bonds is 7. The lowest BCUT2D eigenvalue weighted by atomic mass is 9.98. The molecule has 0 aliphatic heterocycles. The number of hydrogen-bond donors (Lipinski definition) is 2. The second-order valence-corrected chi connectivity index (χ2v) is 7.65. The topological polar surface area (TPSA) is 78.9 Å². The van der Waals surface area contributed by atoms with Crippen molar-refractivity contribution in [1.82, 2.24) is 5.43 Å². The number of ether oxygens (including phenoxy) is 1. The molecule has 0 fully saturated rings. The summed E-state index contributed by atoms with van der Waals surface area (Å²) in [6, 6.07) is 22.9. The van der Waals surface area contributed by atoms with Crippen LogP contribution in [0.15, 0.2) is 72.8 Å². The summed E-state index contributed by atoms with van der Waals surface area (Å²) in [7, 11) is 0. The zero-order valence-corrected chi connectivity index (χ0v) is 17.4. The highest BCUT2D eigenvalue weighted by molar-refractivity contribution is 6.30. The van der Waals surface area contributed by atoms with E-state index in [0.29, 0.717) is 10.7 Å². The van der Waals surface area contributed by atoms with E-state index in [1.165, 1.54) is 5.01 Å². The van der Waals surface area contributed by atoms with Crippen molar-refractivity contribution >= 4 is 29.4 Å². The summed E-state index contributed by atoms with van der Waals surface area (Å²) in [4.78, 5) is 23.6. The molecule has 4 rings (SSSR count). The van der Waals surface area contributed by atoms with Gasteiger partial charge >= 0.3 is 12.1 Å². The summed E-state index contributed by atoms with van der Waals surface area (Å²) in [6.07, 6.45) is -0.797. The van der Waals surface area contributed by atoms with Crippen LogP contribution >= 0.6 is 11.6 Å². The van der Waals surface area contributed by atoms with Crippen LogP contribution in [0.2, 0.25) is 5.02 Å². The Morgan fingerprint density at radius 1 is 0.935 bits per heavy atom. The van der Waals surface area contributed by atoms with Crippen LogP contribution in [0.5, 0.6) is 0 Å². The molecule has 7 heteroatoms. The van der Waals surface area contributed by atoms with Gasteiger partial charge in [-0.1, -0.05) is 60.1 Å². The average Bonchev–Trinajstić information content (AvgIpc) is 3.09. The van der Waals surface area contributed by atoms with E-state index >= 15 is 0 Å². The number of carbonyl (C=O) groups excluding carboxylic acids is 1. The number of hydrazine groups is 1. The Morgan fingerprint density at radius 2 is 1.52 bits per heavy atom. The second kappa shape index (κ2) is 9.10. The van der Waals surface area contributed by atoms with Crippen LogP contribution in [-0.2, 0) is 9.53 Å². The third-order valence-corrected chi connectivity index (χ3v) is 5.51. The maximum absolute atomic E-state index is 12.6. The van der Waals surface area contributed by atoms with Gasteiger partial charge in [-0.3, -0.25) is 9.80 Å². The van der Waals surface area contributed by atoms with Crippen LogP contribution in [0, 0.1) is 0 Å². The fourth-order valence-corrected chi connectivity index (χ4v) is 3.94. The number of aliphatic carboxylic acids is 1. The van der Waals surface area contributed by atoms with Gasteiger partial charge in [0.2, 0.25) is 0 Å². The lowest BCUT2D eigenvalue weighted by Crippen LogP contribution is -2.44. The Morgan fingerprint density at radius 3 is 2.10 bits per heavy atom. The number of benzene rings is 3. The molecule has 0 heterocycles. The summed E-state index contributed by atoms with van der Waals surface area (Å²) in [6.45, 7) is 0.258. The maximum Gasteiger partial charge on any atom is 0.426 e. The second-order valence-electron chi connectivity index (χ2n) is 7.21. The number of carboxylic acids is 1. The molecule has 0 radical (unpaired) electrons. The van der Waals surface area contributed by atoms with E-state index in [0.717, 1.165) is 22.3 Å². The van der Waals surface area contributed by atoms with Gasteiger partial charge in [0.15, 0.2) is 0 Å². The van der Waals surface area contributed by atoms with E-state index in [9.17, 15) is 9.59 Å². The van der Waals surface area contributed by atoms with Crippen molar-refractivity contribution in [3.8, 4) is 11.1 Å². The lowest BCUT2D eigenvalue weighted by Gasteiger charge is -2.25. The van der Waals surface area contributed by atoms with Crippen LogP contribution in [0.3, 0.4) is 0 Å². The molecule has 0 aromatic heterocycles. The van der Waals surface area contributed by atoms with Crippen LogP contribution in [0.25, 0.3) is 11.1 Å². The van der Waals surface area contributed by atoms with Crippen molar-refractivity contribution < 1.29 is 19.4 Å². The van der Waals surface area contributed by atoms with Crippen LogP contribution in [0.1, 0.15) is 23.5 Å². The van der Waals surface area contributed by atoms with Crippen molar-refractivity contribution in [2.24, 2.45) is 0 Å². The first-order valence-electron chi connectivity index (χ1n) is 9.89. The van der Waals surface area contributed by atoms with Crippen LogP contribution in [0.4, 0.5) is 10.5 Å². The first-order valence-corrected chi connectivity index (χ1v) is 10.3. The summed E-state index contributed by atoms with van der Waals surface area (Å²) in [5.41, 5.74) is 7.80. The molecule has 6 nitrogen and oxygen atoms in total. The van der Waals surface area contributed by atoms with Crippen molar-refractivity contribution in [3.05, 3.63) is 88.9 Å². The largest absolute Gasteiger partial charge is 0.481 e. The fourth-order valence-electron chi connectivity index (χ4n) is 3.82. The van der Waals surface area contributed by atoms with Gasteiger partial charge in [-0.05, 0) is 46.5 Å². The third kappa shape index (κ3) is 4.64. The van der Waals surface area contributed by atoms with E-state index in [-0.39, 0.29) is 25.5 Å². The molecule has 1 amide bonds. The van der Waals surface area contributed by atoms with Crippen molar-refractivity contribution in [3.63, 3.8) is 0 Å². The van der Waals surface area contributed by atoms with E-state index in [2.05, 4.69) is 17.6 Å². The fraction of sp³-hybridized carbons (Fsp3) is 0.167. The Balaban J connectivity index is 1.46. The highest BCUT2D eigenvalue weighted by atomic mass is 35.5. The first kappa shape index (κ1) is 20.8. The molecule has 2 N–H and O–H groups in total. The Bertz CT molecular complexity index is 1060. The smallest absolute Gasteiger partial charge is 0.426 e. The molecular formula is C24H21ClN2O4. The molecule has 0 saturated carbocycles. The van der Waals surface area contributed by atoms with E-state index < -0.39 is 12.1 Å². The zero-order valence-electron chi connectivity index (χ0n) is 16.6. The van der Waals surface area contributed by atoms with Gasteiger partial charge in [0.05, 0.1) is 18.7 Å². The summed E-state index contributed by atoms with van der Waals surface area (Å²) < 4.78 is 5.56. The van der Waals surface area contributed by atoms with Crippen molar-refractivity contribution in [1.29, 1.82) is 0 Å². The summed E-state index contributed by atoms with van der Waals surface area (Å²) >= 11 is 5.93. The van der Waals surface area contributed by atoms with Crippen molar-refractivity contribution in [2.45, 2.75) is 12.3 Å². The number of hydrogen-bond acceptors (Lipinski definition) is 4. The SMILES string of the molecule is O=C(O)CCN(NC(=O)OCC1c2ccccc2-c2ccccc21)c1ccc(Cl)cc1. The molecule has 3 aromatic rings. The highest BCUT2D eigenvalue weighted by Gasteiger charge is 2.29. The quantitative estimate of drug-likeness (QED) is 0.505. The summed E-state index contributed by atoms with van der Waals surface area (Å²) in [5, 5.41) is 11.0. The van der Waals surface area contributed by atoms with Crippen molar-refractivity contribution in [2.75, 3.05) is 18.2 Å². The predicted molar refractivity (Wildman–Crippen MR) is 119 cm³/mol. The minimum atomic E-state index is -0.965. The van der Waals surface area contributed by atoms with E-state index in [4.69, 9.17) is 21.4 Å². The minimum Gasteiger partial charge on any atom is -0.481 e. The Hall–Kier alpha value is -3.51. The van der Waals surface area contributed by atoms with Gasteiger partial charge < -0.3 is 9.84 Å². The number of amides is 1. The monoisotopic (exact) mass is 436 g/mol. The number of fused-ring (bicyclic) bond motifs is 3. The number of carbonyl (C=O) groups is 2. The highest BCUT2D eigenvalue weighted by Crippen LogP contribution is 2.44. The molecule has 0 saturated heterocycles. The zero-order chi connectivity index (χ0) is 21.8. The number of nitrogens with zero attached hydrogens (tertiary/aromatic N) is 1. The van der Waals surface area contributed by atoms with E-state index in [1.807, 2.05) is 36.4 Å². The molecular weight excluding hydrogens is 416 g/mol. The Labute approximate surface area is 185 Å². The molecule has 158 valence electrons. The van der Waals surface area contributed by atoms with Gasteiger partial charge in [0.1, 0.15) is 6.61 Å². The van der Waals surface area contributed by atoms with Gasteiger partial charge in [0, 0.05) is 10.9 Å². The van der Waals surface area contributed by atoms with Gasteiger partial charge in [-0.25, -0.2) is 10.2 Å². The molecule has 1 aliphatic carbocycles. The molecule has 0 bridgehead atoms. The molecule has 31 heavy (non-hydrogen) atoms. The first-order chi connectivity index (χ1) is 15.0. The predicted octanol–water partition coefficient (Wildman–Crippen LogP) is 5.07. The van der Waals surface area contributed by atoms with Crippen LogP contribution < -0.4 is 10.4 Å². The van der Waals surface area contributed by atoms with Gasteiger partial charge in [0.25, 0.3) is 0 Å². The number of carboxylic acid groups (broad SMARTS) is 1. The summed E-state index contributed by atoms with van der Waals surface area (Å²) in [5.74, 6) is -1.02. The number of anilines is 1.